The van der Waals surface area contributed by atoms with E-state index in [1.165, 1.54) is 0 Å². The lowest BCUT2D eigenvalue weighted by atomic mass is 10.0. The third kappa shape index (κ3) is 2.36. The van der Waals surface area contributed by atoms with E-state index in [-0.39, 0.29) is 5.92 Å². The van der Waals surface area contributed by atoms with Crippen LogP contribution in [-0.4, -0.2) is 35.4 Å². The first-order valence-corrected chi connectivity index (χ1v) is 8.21. The summed E-state index contributed by atoms with van der Waals surface area (Å²) in [6, 6.07) is 8.04. The Morgan fingerprint density at radius 3 is 2.90 bits per heavy atom. The average molecular weight is 299 g/mol. The molecular formula is C16H17N3OS. The first kappa shape index (κ1) is 13.0. The molecule has 4 nitrogen and oxygen atoms in total. The molecule has 2 atom stereocenters. The van der Waals surface area contributed by atoms with Crippen molar-refractivity contribution in [1.82, 2.24) is 9.88 Å². The van der Waals surface area contributed by atoms with E-state index in [0.717, 1.165) is 37.6 Å². The fourth-order valence-corrected chi connectivity index (χ4v) is 4.09. The highest BCUT2D eigenvalue weighted by molar-refractivity contribution is 7.08. The predicted octanol–water partition coefficient (Wildman–Crippen LogP) is 2.24. The molecule has 2 saturated heterocycles. The Morgan fingerprint density at radius 1 is 1.24 bits per heavy atom. The Kier molecular flexibility index (Phi) is 3.24. The van der Waals surface area contributed by atoms with Gasteiger partial charge in [-0.05, 0) is 23.6 Å². The van der Waals surface area contributed by atoms with Crippen molar-refractivity contribution in [2.75, 3.05) is 24.5 Å². The maximum atomic E-state index is 12.6. The van der Waals surface area contributed by atoms with Crippen molar-refractivity contribution in [2.24, 2.45) is 11.8 Å². The molecule has 2 aliphatic heterocycles. The van der Waals surface area contributed by atoms with Crippen LogP contribution in [0.1, 0.15) is 5.69 Å². The summed E-state index contributed by atoms with van der Waals surface area (Å²) < 4.78 is 0. The molecule has 2 aromatic rings. The SMILES string of the molecule is O=C1[C@@H]2CN(Cc3ccccn3)C[C@@H]2CN1c1ccsc1. The molecule has 5 heteroatoms. The maximum absolute atomic E-state index is 12.6. The molecule has 0 aromatic carbocycles. The summed E-state index contributed by atoms with van der Waals surface area (Å²) >= 11 is 1.65. The van der Waals surface area contributed by atoms with Crippen LogP contribution in [0.15, 0.2) is 41.2 Å². The van der Waals surface area contributed by atoms with Gasteiger partial charge in [0.1, 0.15) is 0 Å². The van der Waals surface area contributed by atoms with Crippen LogP contribution in [0, 0.1) is 11.8 Å². The normalized spacial score (nSPS) is 25.5. The Bertz CT molecular complexity index is 628. The van der Waals surface area contributed by atoms with Gasteiger partial charge in [0.15, 0.2) is 0 Å². The lowest BCUT2D eigenvalue weighted by Crippen LogP contribution is -2.32. The number of nitrogens with zero attached hydrogens (tertiary/aromatic N) is 3. The minimum absolute atomic E-state index is 0.161. The molecule has 2 aliphatic rings. The highest BCUT2D eigenvalue weighted by Crippen LogP contribution is 2.36. The van der Waals surface area contributed by atoms with Crippen molar-refractivity contribution in [3.05, 3.63) is 46.9 Å². The van der Waals surface area contributed by atoms with E-state index < -0.39 is 0 Å². The van der Waals surface area contributed by atoms with Gasteiger partial charge in [0.05, 0.1) is 17.3 Å². The van der Waals surface area contributed by atoms with Crippen LogP contribution in [0.2, 0.25) is 0 Å². The zero-order chi connectivity index (χ0) is 14.2. The predicted molar refractivity (Wildman–Crippen MR) is 83.2 cm³/mol. The molecule has 4 heterocycles. The summed E-state index contributed by atoms with van der Waals surface area (Å²) in [5, 5.41) is 4.09. The van der Waals surface area contributed by atoms with Gasteiger partial charge in [-0.2, -0.15) is 11.3 Å². The molecule has 0 saturated carbocycles. The van der Waals surface area contributed by atoms with Gasteiger partial charge in [0.25, 0.3) is 0 Å². The summed E-state index contributed by atoms with van der Waals surface area (Å²) in [6.45, 7) is 3.56. The lowest BCUT2D eigenvalue weighted by Gasteiger charge is -2.20. The highest BCUT2D eigenvalue weighted by Gasteiger charge is 2.46. The maximum Gasteiger partial charge on any atom is 0.231 e. The molecule has 4 rings (SSSR count). The highest BCUT2D eigenvalue weighted by atomic mass is 32.1. The summed E-state index contributed by atoms with van der Waals surface area (Å²) in [5.74, 6) is 0.914. The second kappa shape index (κ2) is 5.24. The van der Waals surface area contributed by atoms with Gasteiger partial charge >= 0.3 is 0 Å². The van der Waals surface area contributed by atoms with Gasteiger partial charge in [-0.15, -0.1) is 0 Å². The number of rotatable bonds is 3. The number of hydrogen-bond acceptors (Lipinski definition) is 4. The van der Waals surface area contributed by atoms with Crippen LogP contribution in [0.4, 0.5) is 5.69 Å². The third-order valence-corrected chi connectivity index (χ3v) is 5.12. The number of hydrogen-bond donors (Lipinski definition) is 0. The smallest absolute Gasteiger partial charge is 0.231 e. The zero-order valence-corrected chi connectivity index (χ0v) is 12.5. The summed E-state index contributed by atoms with van der Waals surface area (Å²) in [7, 11) is 0. The monoisotopic (exact) mass is 299 g/mol. The summed E-state index contributed by atoms with van der Waals surface area (Å²) in [6.07, 6.45) is 1.83. The van der Waals surface area contributed by atoms with E-state index in [0.29, 0.717) is 11.8 Å². The molecule has 108 valence electrons. The van der Waals surface area contributed by atoms with E-state index in [4.69, 9.17) is 0 Å². The molecule has 2 fully saturated rings. The van der Waals surface area contributed by atoms with Crippen molar-refractivity contribution < 1.29 is 4.79 Å². The van der Waals surface area contributed by atoms with Crippen LogP contribution in [0.5, 0.6) is 0 Å². The number of anilines is 1. The molecule has 0 bridgehead atoms. The van der Waals surface area contributed by atoms with Gasteiger partial charge in [0.2, 0.25) is 5.91 Å². The number of thiophene rings is 1. The van der Waals surface area contributed by atoms with Crippen molar-refractivity contribution in [2.45, 2.75) is 6.54 Å². The van der Waals surface area contributed by atoms with Gasteiger partial charge in [-0.25, -0.2) is 0 Å². The number of aromatic nitrogens is 1. The number of carbonyl (C=O) groups is 1. The molecule has 0 unspecified atom stereocenters. The fourth-order valence-electron chi connectivity index (χ4n) is 3.44. The lowest BCUT2D eigenvalue weighted by molar-refractivity contribution is -0.120. The van der Waals surface area contributed by atoms with Crippen molar-refractivity contribution in [1.29, 1.82) is 0 Å². The van der Waals surface area contributed by atoms with Crippen molar-refractivity contribution >= 4 is 22.9 Å². The molecule has 0 N–H and O–H groups in total. The Hall–Kier alpha value is -1.72. The number of carbonyl (C=O) groups excluding carboxylic acids is 1. The largest absolute Gasteiger partial charge is 0.311 e. The topological polar surface area (TPSA) is 36.4 Å². The Labute approximate surface area is 128 Å². The average Bonchev–Trinajstić information content (AvgIpc) is 3.19. The molecular weight excluding hydrogens is 282 g/mol. The number of likely N-dealkylation sites (tertiary alicyclic amines) is 1. The summed E-state index contributed by atoms with van der Waals surface area (Å²) in [4.78, 5) is 21.3. The molecule has 2 aromatic heterocycles. The minimum Gasteiger partial charge on any atom is -0.311 e. The first-order chi connectivity index (χ1) is 10.3. The second-order valence-electron chi connectivity index (χ2n) is 5.81. The first-order valence-electron chi connectivity index (χ1n) is 7.27. The van der Waals surface area contributed by atoms with Crippen molar-refractivity contribution in [3.8, 4) is 0 Å². The van der Waals surface area contributed by atoms with Crippen LogP contribution in [0.3, 0.4) is 0 Å². The molecule has 21 heavy (non-hydrogen) atoms. The van der Waals surface area contributed by atoms with Crippen LogP contribution >= 0.6 is 11.3 Å². The van der Waals surface area contributed by atoms with E-state index >= 15 is 0 Å². The standard InChI is InChI=1S/C16H17N3OS/c20-16-15-10-18(9-13-3-1-2-5-17-13)7-12(15)8-19(16)14-4-6-21-11-14/h1-6,11-12,15H,7-10H2/t12-,15-/m1/s1. The quantitative estimate of drug-likeness (QED) is 0.872. The zero-order valence-electron chi connectivity index (χ0n) is 11.7. The number of pyridine rings is 1. The van der Waals surface area contributed by atoms with Crippen LogP contribution < -0.4 is 4.90 Å². The van der Waals surface area contributed by atoms with Crippen LogP contribution in [-0.2, 0) is 11.3 Å². The molecule has 0 radical (unpaired) electrons. The van der Waals surface area contributed by atoms with Gasteiger partial charge < -0.3 is 4.90 Å². The van der Waals surface area contributed by atoms with E-state index in [1.54, 1.807) is 11.3 Å². The van der Waals surface area contributed by atoms with E-state index in [1.807, 2.05) is 40.7 Å². The van der Waals surface area contributed by atoms with E-state index in [9.17, 15) is 4.79 Å². The Morgan fingerprint density at radius 2 is 2.19 bits per heavy atom. The number of fused-ring (bicyclic) bond motifs is 1. The molecule has 0 aliphatic carbocycles. The van der Waals surface area contributed by atoms with Crippen molar-refractivity contribution in [3.63, 3.8) is 0 Å². The summed E-state index contributed by atoms with van der Waals surface area (Å²) in [5.41, 5.74) is 2.15. The fraction of sp³-hybridized carbons (Fsp3) is 0.375. The van der Waals surface area contributed by atoms with Crippen LogP contribution in [0.25, 0.3) is 0 Å². The van der Waals surface area contributed by atoms with Gasteiger partial charge in [-0.1, -0.05) is 6.07 Å². The van der Waals surface area contributed by atoms with Gasteiger partial charge in [-0.3, -0.25) is 14.7 Å². The number of amides is 1. The Balaban J connectivity index is 1.44. The minimum atomic E-state index is 0.161. The molecule has 0 spiro atoms. The third-order valence-electron chi connectivity index (χ3n) is 4.45. The van der Waals surface area contributed by atoms with E-state index in [2.05, 4.69) is 15.3 Å². The molecule has 1 amide bonds. The van der Waals surface area contributed by atoms with Gasteiger partial charge in [0, 0.05) is 43.7 Å². The second-order valence-corrected chi connectivity index (χ2v) is 6.59.